The molecule has 102 valence electrons. The average molecular weight is 267 g/mol. The third-order valence-electron chi connectivity index (χ3n) is 2.98. The van der Waals surface area contributed by atoms with Crippen LogP contribution in [0.3, 0.4) is 0 Å². The van der Waals surface area contributed by atoms with Gasteiger partial charge in [0, 0.05) is 5.69 Å². The molecule has 0 bridgehead atoms. The normalized spacial score (nSPS) is 23.5. The molecule has 0 radical (unpaired) electrons. The van der Waals surface area contributed by atoms with Crippen LogP contribution in [0, 0.1) is 5.82 Å². The highest BCUT2D eigenvalue weighted by Gasteiger charge is 2.38. The van der Waals surface area contributed by atoms with Crippen LogP contribution < -0.4 is 4.90 Å². The summed E-state index contributed by atoms with van der Waals surface area (Å²) in [4.78, 5) is 24.0. The minimum absolute atomic E-state index is 0.0849. The first-order valence-electron chi connectivity index (χ1n) is 5.81. The van der Waals surface area contributed by atoms with Gasteiger partial charge >= 0.3 is 5.97 Å². The van der Waals surface area contributed by atoms with E-state index in [9.17, 15) is 14.0 Å². The van der Waals surface area contributed by atoms with E-state index in [4.69, 9.17) is 9.84 Å². The second kappa shape index (κ2) is 4.97. The van der Waals surface area contributed by atoms with Crippen molar-refractivity contribution in [3.63, 3.8) is 0 Å². The third kappa shape index (κ3) is 3.08. The zero-order chi connectivity index (χ0) is 14.0. The third-order valence-corrected chi connectivity index (χ3v) is 2.98. The Morgan fingerprint density at radius 2 is 2.32 bits per heavy atom. The minimum atomic E-state index is -1.00. The number of ether oxygens (including phenoxy) is 1. The number of carboxylic acid groups (broad SMARTS) is 1. The highest BCUT2D eigenvalue weighted by Crippen LogP contribution is 2.26. The zero-order valence-electron chi connectivity index (χ0n) is 10.4. The maximum Gasteiger partial charge on any atom is 0.306 e. The lowest BCUT2D eigenvalue weighted by Crippen LogP contribution is -2.54. The van der Waals surface area contributed by atoms with Gasteiger partial charge in [0.2, 0.25) is 0 Å². The largest absolute Gasteiger partial charge is 0.481 e. The Bertz CT molecular complexity index is 519. The van der Waals surface area contributed by atoms with Crippen molar-refractivity contribution in [1.82, 2.24) is 0 Å². The fourth-order valence-electron chi connectivity index (χ4n) is 2.09. The van der Waals surface area contributed by atoms with E-state index in [1.165, 1.54) is 23.1 Å². The van der Waals surface area contributed by atoms with Crippen molar-refractivity contribution in [1.29, 1.82) is 0 Å². The number of carbonyl (C=O) groups excluding carboxylic acids is 1. The Morgan fingerprint density at radius 3 is 2.95 bits per heavy atom. The topological polar surface area (TPSA) is 66.8 Å². The standard InChI is InChI=1S/C13H14FNO4/c1-13(6-12(17)18)8-15(11(16)7-19-13)10-4-2-3-9(14)5-10/h2-5H,6-8H2,1H3,(H,17,18). The van der Waals surface area contributed by atoms with Gasteiger partial charge in [-0.1, -0.05) is 6.07 Å². The van der Waals surface area contributed by atoms with Crippen LogP contribution in [0.15, 0.2) is 24.3 Å². The molecular formula is C13H14FNO4. The van der Waals surface area contributed by atoms with Gasteiger partial charge in [-0.3, -0.25) is 9.59 Å². The van der Waals surface area contributed by atoms with E-state index in [0.29, 0.717) is 5.69 Å². The first-order chi connectivity index (χ1) is 8.89. The highest BCUT2D eigenvalue weighted by molar-refractivity contribution is 5.95. The Balaban J connectivity index is 2.24. The summed E-state index contributed by atoms with van der Waals surface area (Å²) in [6.45, 7) is 1.50. The number of rotatable bonds is 3. The molecule has 1 unspecified atom stereocenters. The maximum absolute atomic E-state index is 13.2. The lowest BCUT2D eigenvalue weighted by atomic mass is 9.99. The fraction of sp³-hybridized carbons (Fsp3) is 0.385. The van der Waals surface area contributed by atoms with Gasteiger partial charge < -0.3 is 14.7 Å². The number of nitrogens with zero attached hydrogens (tertiary/aromatic N) is 1. The van der Waals surface area contributed by atoms with E-state index in [-0.39, 0.29) is 25.5 Å². The Hall–Kier alpha value is -1.95. The Labute approximate surface area is 109 Å². The number of amides is 1. The fourth-order valence-corrected chi connectivity index (χ4v) is 2.09. The number of hydrogen-bond donors (Lipinski definition) is 1. The number of carboxylic acids is 1. The van der Waals surface area contributed by atoms with Gasteiger partial charge in [0.25, 0.3) is 5.91 Å². The van der Waals surface area contributed by atoms with Crippen molar-refractivity contribution in [3.8, 4) is 0 Å². The molecule has 19 heavy (non-hydrogen) atoms. The van der Waals surface area contributed by atoms with Crippen molar-refractivity contribution >= 4 is 17.6 Å². The number of aliphatic carboxylic acids is 1. The summed E-state index contributed by atoms with van der Waals surface area (Å²) in [5.41, 5.74) is -0.559. The molecule has 2 rings (SSSR count). The number of halogens is 1. The lowest BCUT2D eigenvalue weighted by molar-refractivity contribution is -0.151. The van der Waals surface area contributed by atoms with Crippen molar-refractivity contribution in [2.75, 3.05) is 18.1 Å². The number of carbonyl (C=O) groups is 2. The summed E-state index contributed by atoms with van der Waals surface area (Å²) in [5, 5.41) is 8.85. The first kappa shape index (κ1) is 13.5. The second-order valence-corrected chi connectivity index (χ2v) is 4.77. The molecule has 1 fully saturated rings. The van der Waals surface area contributed by atoms with Gasteiger partial charge in [-0.2, -0.15) is 0 Å². The molecule has 1 aliphatic heterocycles. The van der Waals surface area contributed by atoms with Crippen LogP contribution in [0.4, 0.5) is 10.1 Å². The predicted molar refractivity (Wildman–Crippen MR) is 65.4 cm³/mol. The zero-order valence-corrected chi connectivity index (χ0v) is 10.4. The molecule has 0 spiro atoms. The van der Waals surface area contributed by atoms with E-state index in [2.05, 4.69) is 0 Å². The first-order valence-corrected chi connectivity index (χ1v) is 5.81. The van der Waals surface area contributed by atoms with Crippen molar-refractivity contribution in [2.24, 2.45) is 0 Å². The van der Waals surface area contributed by atoms with Crippen LogP contribution in [0.5, 0.6) is 0 Å². The quantitative estimate of drug-likeness (QED) is 0.899. The van der Waals surface area contributed by atoms with Gasteiger partial charge in [-0.25, -0.2) is 4.39 Å². The van der Waals surface area contributed by atoms with Crippen LogP contribution in [0.1, 0.15) is 13.3 Å². The lowest BCUT2D eigenvalue weighted by Gasteiger charge is -2.39. The van der Waals surface area contributed by atoms with Crippen LogP contribution >= 0.6 is 0 Å². The summed E-state index contributed by atoms with van der Waals surface area (Å²) < 4.78 is 18.5. The van der Waals surface area contributed by atoms with E-state index >= 15 is 0 Å². The van der Waals surface area contributed by atoms with Gasteiger partial charge in [-0.05, 0) is 25.1 Å². The molecule has 1 aromatic carbocycles. The molecule has 0 aromatic heterocycles. The maximum atomic E-state index is 13.2. The molecule has 1 aromatic rings. The molecule has 5 nitrogen and oxygen atoms in total. The molecule has 6 heteroatoms. The summed E-state index contributed by atoms with van der Waals surface area (Å²) >= 11 is 0. The van der Waals surface area contributed by atoms with Crippen molar-refractivity contribution < 1.29 is 23.8 Å². The average Bonchev–Trinajstić information content (AvgIpc) is 2.31. The number of anilines is 1. The summed E-state index contributed by atoms with van der Waals surface area (Å²) in [6, 6.07) is 5.63. The number of morpholine rings is 1. The van der Waals surface area contributed by atoms with E-state index < -0.39 is 17.4 Å². The molecule has 1 heterocycles. The van der Waals surface area contributed by atoms with Crippen molar-refractivity contribution in [2.45, 2.75) is 18.9 Å². The van der Waals surface area contributed by atoms with Gasteiger partial charge in [0.05, 0.1) is 18.6 Å². The molecule has 0 saturated carbocycles. The van der Waals surface area contributed by atoms with Crippen LogP contribution in [-0.4, -0.2) is 35.7 Å². The van der Waals surface area contributed by atoms with Crippen molar-refractivity contribution in [3.05, 3.63) is 30.1 Å². The predicted octanol–water partition coefficient (Wildman–Crippen LogP) is 1.42. The highest BCUT2D eigenvalue weighted by atomic mass is 19.1. The summed E-state index contributed by atoms with van der Waals surface area (Å²) in [7, 11) is 0. The molecule has 1 atom stereocenters. The monoisotopic (exact) mass is 267 g/mol. The second-order valence-electron chi connectivity index (χ2n) is 4.77. The number of hydrogen-bond acceptors (Lipinski definition) is 3. The van der Waals surface area contributed by atoms with Gasteiger partial charge in [0.1, 0.15) is 12.4 Å². The van der Waals surface area contributed by atoms with Crippen LogP contribution in [-0.2, 0) is 14.3 Å². The number of benzene rings is 1. The molecule has 0 aliphatic carbocycles. The molecule has 1 amide bonds. The smallest absolute Gasteiger partial charge is 0.306 e. The van der Waals surface area contributed by atoms with E-state index in [0.717, 1.165) is 0 Å². The Kier molecular flexibility index (Phi) is 3.53. The van der Waals surface area contributed by atoms with E-state index in [1.807, 2.05) is 0 Å². The van der Waals surface area contributed by atoms with Crippen LogP contribution in [0.25, 0.3) is 0 Å². The summed E-state index contributed by atoms with van der Waals surface area (Å²) in [6.07, 6.45) is -0.216. The Morgan fingerprint density at radius 1 is 1.58 bits per heavy atom. The van der Waals surface area contributed by atoms with Gasteiger partial charge in [-0.15, -0.1) is 0 Å². The van der Waals surface area contributed by atoms with Crippen LogP contribution in [0.2, 0.25) is 0 Å². The van der Waals surface area contributed by atoms with E-state index in [1.54, 1.807) is 13.0 Å². The summed E-state index contributed by atoms with van der Waals surface area (Å²) in [5.74, 6) is -1.76. The molecule has 1 N–H and O–H groups in total. The van der Waals surface area contributed by atoms with Gasteiger partial charge in [0.15, 0.2) is 0 Å². The SMILES string of the molecule is CC1(CC(=O)O)CN(c2cccc(F)c2)C(=O)CO1. The molecule has 1 saturated heterocycles. The minimum Gasteiger partial charge on any atom is -0.481 e. The molecule has 1 aliphatic rings. The molecular weight excluding hydrogens is 253 g/mol.